The number of benzene rings is 1. The molecule has 0 fully saturated rings. The van der Waals surface area contributed by atoms with E-state index in [1.54, 1.807) is 0 Å². The predicted octanol–water partition coefficient (Wildman–Crippen LogP) is 1.17. The van der Waals surface area contributed by atoms with Crippen molar-refractivity contribution in [3.05, 3.63) is 35.9 Å². The summed E-state index contributed by atoms with van der Waals surface area (Å²) >= 11 is 0. The molecule has 8 heteroatoms. The zero-order chi connectivity index (χ0) is 19.4. The number of likely N-dealkylation sites (N-methyl/N-ethyl adjacent to an activating group) is 1. The van der Waals surface area contributed by atoms with Gasteiger partial charge in [-0.15, -0.1) is 0 Å². The summed E-state index contributed by atoms with van der Waals surface area (Å²) in [6.45, 7) is 10.4. The molecular weight excluding hydrogens is 350 g/mol. The Labute approximate surface area is 158 Å². The molecule has 26 heavy (non-hydrogen) atoms. The summed E-state index contributed by atoms with van der Waals surface area (Å²) < 4.78 is 24.7. The Balaban J connectivity index is 2.78. The summed E-state index contributed by atoms with van der Waals surface area (Å²) in [6.07, 6.45) is 1.15. The first-order valence-corrected chi connectivity index (χ1v) is 11.1. The average molecular weight is 384 g/mol. The van der Waals surface area contributed by atoms with Gasteiger partial charge in [0.1, 0.15) is 0 Å². The molecule has 0 aromatic heterocycles. The Bertz CT molecular complexity index is 630. The molecule has 148 valence electrons. The topological polar surface area (TPSA) is 85.8 Å². The predicted molar refractivity (Wildman–Crippen MR) is 109 cm³/mol. The van der Waals surface area contributed by atoms with Gasteiger partial charge in [-0.1, -0.05) is 44.2 Å². The van der Waals surface area contributed by atoms with Gasteiger partial charge < -0.3 is 10.6 Å². The molecule has 0 spiro atoms. The first kappa shape index (κ1) is 22.4. The highest BCUT2D eigenvalue weighted by molar-refractivity contribution is 7.88. The third kappa shape index (κ3) is 8.64. The Kier molecular flexibility index (Phi) is 10.2. The zero-order valence-electron chi connectivity index (χ0n) is 16.3. The third-order valence-electron chi connectivity index (χ3n) is 3.99. The molecule has 1 unspecified atom stereocenters. The van der Waals surface area contributed by atoms with E-state index in [0.717, 1.165) is 25.9 Å². The number of guanidine groups is 1. The van der Waals surface area contributed by atoms with E-state index in [4.69, 9.17) is 4.99 Å². The fourth-order valence-corrected chi connectivity index (χ4v) is 3.18. The van der Waals surface area contributed by atoms with Crippen LogP contribution in [0.1, 0.15) is 32.4 Å². The van der Waals surface area contributed by atoms with Gasteiger partial charge in [-0.05, 0) is 25.6 Å². The van der Waals surface area contributed by atoms with Gasteiger partial charge >= 0.3 is 0 Å². The van der Waals surface area contributed by atoms with Gasteiger partial charge in [0.05, 0.1) is 18.8 Å². The van der Waals surface area contributed by atoms with Gasteiger partial charge in [-0.2, -0.15) is 0 Å². The summed E-state index contributed by atoms with van der Waals surface area (Å²) in [5, 5.41) is 6.37. The second kappa shape index (κ2) is 11.9. The van der Waals surface area contributed by atoms with Crippen molar-refractivity contribution in [3.63, 3.8) is 0 Å². The quantitative estimate of drug-likeness (QED) is 0.303. The third-order valence-corrected chi connectivity index (χ3v) is 4.71. The molecule has 0 saturated heterocycles. The van der Waals surface area contributed by atoms with Crippen molar-refractivity contribution < 1.29 is 8.42 Å². The maximum atomic E-state index is 11.1. The Morgan fingerprint density at radius 1 is 1.08 bits per heavy atom. The summed E-state index contributed by atoms with van der Waals surface area (Å²) in [5.74, 6) is 0.691. The number of aliphatic imine (C=N–C) groups is 1. The van der Waals surface area contributed by atoms with E-state index in [0.29, 0.717) is 25.6 Å². The molecule has 1 atom stereocenters. The molecule has 0 bridgehead atoms. The Hall–Kier alpha value is -1.64. The maximum Gasteiger partial charge on any atom is 0.208 e. The number of rotatable bonds is 11. The molecule has 1 aromatic carbocycles. The molecule has 0 aliphatic rings. The van der Waals surface area contributed by atoms with Crippen LogP contribution in [0, 0.1) is 0 Å². The summed E-state index contributed by atoms with van der Waals surface area (Å²) in [5.41, 5.74) is 1.24. The van der Waals surface area contributed by atoms with Gasteiger partial charge in [-0.25, -0.2) is 13.1 Å². The van der Waals surface area contributed by atoms with Crippen molar-refractivity contribution in [3.8, 4) is 0 Å². The number of sulfonamides is 1. The highest BCUT2D eigenvalue weighted by Crippen LogP contribution is 2.20. The van der Waals surface area contributed by atoms with E-state index < -0.39 is 10.0 Å². The van der Waals surface area contributed by atoms with E-state index in [9.17, 15) is 8.42 Å². The van der Waals surface area contributed by atoms with Crippen LogP contribution < -0.4 is 15.4 Å². The molecule has 1 rings (SSSR count). The van der Waals surface area contributed by atoms with Crippen LogP contribution in [0.15, 0.2) is 35.3 Å². The van der Waals surface area contributed by atoms with Gasteiger partial charge in [0, 0.05) is 19.6 Å². The molecule has 3 N–H and O–H groups in total. The van der Waals surface area contributed by atoms with Crippen molar-refractivity contribution in [2.45, 2.75) is 26.8 Å². The van der Waals surface area contributed by atoms with E-state index in [1.807, 2.05) is 13.0 Å². The first-order chi connectivity index (χ1) is 12.4. The largest absolute Gasteiger partial charge is 0.357 e. The van der Waals surface area contributed by atoms with E-state index in [2.05, 4.69) is 58.4 Å². The van der Waals surface area contributed by atoms with Crippen LogP contribution in [0.2, 0.25) is 0 Å². The minimum absolute atomic E-state index is 0.204. The van der Waals surface area contributed by atoms with E-state index in [-0.39, 0.29) is 6.04 Å². The summed E-state index contributed by atoms with van der Waals surface area (Å²) in [6, 6.07) is 10.6. The highest BCUT2D eigenvalue weighted by Gasteiger charge is 2.17. The lowest BCUT2D eigenvalue weighted by Crippen LogP contribution is -2.42. The summed E-state index contributed by atoms with van der Waals surface area (Å²) in [7, 11) is -3.17. The zero-order valence-corrected chi connectivity index (χ0v) is 17.1. The minimum atomic E-state index is -3.17. The molecule has 0 saturated carbocycles. The van der Waals surface area contributed by atoms with Crippen LogP contribution in [-0.4, -0.2) is 64.8 Å². The Morgan fingerprint density at radius 3 is 2.27 bits per heavy atom. The van der Waals surface area contributed by atoms with Crippen molar-refractivity contribution in [2.24, 2.45) is 4.99 Å². The van der Waals surface area contributed by atoms with E-state index >= 15 is 0 Å². The number of hydrogen-bond donors (Lipinski definition) is 3. The van der Waals surface area contributed by atoms with Gasteiger partial charge in [0.15, 0.2) is 5.96 Å². The average Bonchev–Trinajstić information content (AvgIpc) is 2.62. The van der Waals surface area contributed by atoms with Crippen molar-refractivity contribution in [2.75, 3.05) is 45.5 Å². The van der Waals surface area contributed by atoms with Gasteiger partial charge in [0.2, 0.25) is 10.0 Å². The Morgan fingerprint density at radius 2 is 1.73 bits per heavy atom. The molecule has 0 amide bonds. The number of nitrogens with zero attached hydrogens (tertiary/aromatic N) is 2. The summed E-state index contributed by atoms with van der Waals surface area (Å²) in [4.78, 5) is 7.10. The van der Waals surface area contributed by atoms with Crippen LogP contribution in [0.3, 0.4) is 0 Å². The van der Waals surface area contributed by atoms with Crippen LogP contribution in [0.5, 0.6) is 0 Å². The van der Waals surface area contributed by atoms with Crippen molar-refractivity contribution >= 4 is 16.0 Å². The molecule has 0 radical (unpaired) electrons. The SMILES string of the molecule is CCNC(=NCC(c1ccccc1)N(CC)CC)NCCNS(C)(=O)=O. The van der Waals surface area contributed by atoms with Crippen LogP contribution in [0.4, 0.5) is 0 Å². The second-order valence-corrected chi connectivity index (χ2v) is 7.79. The maximum absolute atomic E-state index is 11.1. The first-order valence-electron chi connectivity index (χ1n) is 9.17. The van der Waals surface area contributed by atoms with Gasteiger partial charge in [0.25, 0.3) is 0 Å². The second-order valence-electron chi connectivity index (χ2n) is 5.96. The number of nitrogens with one attached hydrogen (secondary N) is 3. The van der Waals surface area contributed by atoms with Crippen LogP contribution in [-0.2, 0) is 10.0 Å². The fourth-order valence-electron chi connectivity index (χ4n) is 2.71. The van der Waals surface area contributed by atoms with E-state index in [1.165, 1.54) is 5.56 Å². The van der Waals surface area contributed by atoms with Crippen molar-refractivity contribution in [1.82, 2.24) is 20.3 Å². The minimum Gasteiger partial charge on any atom is -0.357 e. The lowest BCUT2D eigenvalue weighted by atomic mass is 10.1. The van der Waals surface area contributed by atoms with Gasteiger partial charge in [-0.3, -0.25) is 9.89 Å². The molecule has 0 heterocycles. The lowest BCUT2D eigenvalue weighted by Gasteiger charge is -2.29. The normalized spacial score (nSPS) is 13.7. The molecule has 1 aromatic rings. The highest BCUT2D eigenvalue weighted by atomic mass is 32.2. The fraction of sp³-hybridized carbons (Fsp3) is 0.611. The standard InChI is InChI=1S/C18H33N5O2S/c1-5-19-18(20-13-14-22-26(4,24)25)21-15-17(23(6-2)7-3)16-11-9-8-10-12-16/h8-12,17,22H,5-7,13-15H2,1-4H3,(H2,19,20,21). The van der Waals surface area contributed by atoms with Crippen molar-refractivity contribution in [1.29, 1.82) is 0 Å². The smallest absolute Gasteiger partial charge is 0.208 e. The molecule has 0 aliphatic carbocycles. The van der Waals surface area contributed by atoms with Crippen LogP contribution in [0.25, 0.3) is 0 Å². The molecular formula is C18H33N5O2S. The lowest BCUT2D eigenvalue weighted by molar-refractivity contribution is 0.224. The molecule has 7 nitrogen and oxygen atoms in total. The monoisotopic (exact) mass is 383 g/mol. The van der Waals surface area contributed by atoms with Crippen LogP contribution >= 0.6 is 0 Å². The molecule has 0 aliphatic heterocycles. The number of hydrogen-bond acceptors (Lipinski definition) is 4.